The largest absolute Gasteiger partial charge is 0.342 e. The van der Waals surface area contributed by atoms with Crippen molar-refractivity contribution in [1.82, 2.24) is 4.98 Å². The van der Waals surface area contributed by atoms with Crippen LogP contribution in [0, 0.1) is 6.92 Å². The first-order valence-corrected chi connectivity index (χ1v) is 6.05. The molecule has 3 rings (SSSR count). The van der Waals surface area contributed by atoms with Gasteiger partial charge in [0.05, 0.1) is 13.2 Å². The van der Waals surface area contributed by atoms with Crippen LogP contribution in [-0.4, -0.2) is 4.98 Å². The Morgan fingerprint density at radius 1 is 1.33 bits per heavy atom. The van der Waals surface area contributed by atoms with Crippen LogP contribution in [0.1, 0.15) is 28.7 Å². The van der Waals surface area contributed by atoms with Gasteiger partial charge < -0.3 is 9.47 Å². The highest BCUT2D eigenvalue weighted by molar-refractivity contribution is 5.24. The SMILES string of the molecule is Cc1cccc(COC2OCc3cccnc32)c1. The lowest BCUT2D eigenvalue weighted by Gasteiger charge is -2.12. The molecule has 0 saturated carbocycles. The minimum atomic E-state index is -0.332. The minimum absolute atomic E-state index is 0.332. The number of hydrogen-bond acceptors (Lipinski definition) is 3. The van der Waals surface area contributed by atoms with Gasteiger partial charge in [0.2, 0.25) is 6.29 Å². The molecule has 2 heterocycles. The van der Waals surface area contributed by atoms with Gasteiger partial charge in [0, 0.05) is 11.8 Å². The summed E-state index contributed by atoms with van der Waals surface area (Å²) in [7, 11) is 0. The summed E-state index contributed by atoms with van der Waals surface area (Å²) in [6.07, 6.45) is 1.44. The summed E-state index contributed by atoms with van der Waals surface area (Å²) in [5.74, 6) is 0. The smallest absolute Gasteiger partial charge is 0.202 e. The van der Waals surface area contributed by atoms with Gasteiger partial charge in [-0.05, 0) is 18.6 Å². The molecule has 18 heavy (non-hydrogen) atoms. The molecule has 1 aliphatic heterocycles. The van der Waals surface area contributed by atoms with Gasteiger partial charge in [-0.3, -0.25) is 4.98 Å². The Morgan fingerprint density at radius 2 is 2.28 bits per heavy atom. The van der Waals surface area contributed by atoms with Crippen molar-refractivity contribution in [3.05, 3.63) is 65.0 Å². The Balaban J connectivity index is 1.69. The second-order valence-corrected chi connectivity index (χ2v) is 4.49. The molecule has 2 aromatic rings. The fourth-order valence-corrected chi connectivity index (χ4v) is 2.13. The van der Waals surface area contributed by atoms with Gasteiger partial charge in [-0.25, -0.2) is 0 Å². The molecule has 0 N–H and O–H groups in total. The molecule has 0 saturated heterocycles. The number of hydrogen-bond donors (Lipinski definition) is 0. The number of benzene rings is 1. The van der Waals surface area contributed by atoms with Crippen LogP contribution in [0.3, 0.4) is 0 Å². The van der Waals surface area contributed by atoms with E-state index in [0.29, 0.717) is 13.2 Å². The summed E-state index contributed by atoms with van der Waals surface area (Å²) >= 11 is 0. The summed E-state index contributed by atoms with van der Waals surface area (Å²) in [6.45, 7) is 3.20. The lowest BCUT2D eigenvalue weighted by atomic mass is 10.1. The normalized spacial score (nSPS) is 17.7. The molecule has 1 aromatic heterocycles. The van der Waals surface area contributed by atoms with Gasteiger partial charge in [0.15, 0.2) is 0 Å². The number of aromatic nitrogens is 1. The van der Waals surface area contributed by atoms with Crippen LogP contribution in [0.2, 0.25) is 0 Å². The fourth-order valence-electron chi connectivity index (χ4n) is 2.13. The van der Waals surface area contributed by atoms with Crippen LogP contribution in [0.5, 0.6) is 0 Å². The zero-order valence-electron chi connectivity index (χ0n) is 10.3. The number of aryl methyl sites for hydroxylation is 1. The van der Waals surface area contributed by atoms with Crippen molar-refractivity contribution in [2.45, 2.75) is 26.4 Å². The first-order chi connectivity index (χ1) is 8.83. The van der Waals surface area contributed by atoms with E-state index in [9.17, 15) is 0 Å². The molecule has 1 unspecified atom stereocenters. The van der Waals surface area contributed by atoms with Gasteiger partial charge in [-0.15, -0.1) is 0 Å². The summed E-state index contributed by atoms with van der Waals surface area (Å²) in [5.41, 5.74) is 4.42. The Labute approximate surface area is 106 Å². The van der Waals surface area contributed by atoms with E-state index in [4.69, 9.17) is 9.47 Å². The van der Waals surface area contributed by atoms with Crippen molar-refractivity contribution in [2.75, 3.05) is 0 Å². The van der Waals surface area contributed by atoms with Crippen molar-refractivity contribution in [3.63, 3.8) is 0 Å². The average Bonchev–Trinajstić information content (AvgIpc) is 2.80. The van der Waals surface area contributed by atoms with Crippen LogP contribution in [0.15, 0.2) is 42.6 Å². The number of rotatable bonds is 3. The molecule has 0 aliphatic carbocycles. The number of ether oxygens (including phenoxy) is 2. The number of pyridine rings is 1. The third-order valence-corrected chi connectivity index (χ3v) is 3.02. The molecule has 0 spiro atoms. The van der Waals surface area contributed by atoms with Gasteiger partial charge in [0.1, 0.15) is 5.69 Å². The molecule has 1 atom stereocenters. The zero-order valence-corrected chi connectivity index (χ0v) is 10.3. The second kappa shape index (κ2) is 4.88. The summed E-state index contributed by atoms with van der Waals surface area (Å²) in [5, 5.41) is 0. The third-order valence-electron chi connectivity index (χ3n) is 3.02. The Bertz CT molecular complexity index is 554. The van der Waals surface area contributed by atoms with Crippen molar-refractivity contribution in [3.8, 4) is 0 Å². The number of nitrogens with zero attached hydrogens (tertiary/aromatic N) is 1. The summed E-state index contributed by atoms with van der Waals surface area (Å²) < 4.78 is 11.4. The number of fused-ring (bicyclic) bond motifs is 1. The van der Waals surface area contributed by atoms with Crippen LogP contribution < -0.4 is 0 Å². The van der Waals surface area contributed by atoms with E-state index in [1.807, 2.05) is 18.2 Å². The minimum Gasteiger partial charge on any atom is -0.342 e. The zero-order chi connectivity index (χ0) is 12.4. The quantitative estimate of drug-likeness (QED) is 0.827. The third kappa shape index (κ3) is 2.28. The standard InChI is InChI=1S/C15H15NO2/c1-11-4-2-5-12(8-11)9-17-15-14-13(10-18-15)6-3-7-16-14/h2-8,15H,9-10H2,1H3. The molecule has 3 heteroatoms. The van der Waals surface area contributed by atoms with E-state index in [1.54, 1.807) is 6.20 Å². The molecule has 92 valence electrons. The topological polar surface area (TPSA) is 31.4 Å². The summed E-state index contributed by atoms with van der Waals surface area (Å²) in [6, 6.07) is 12.2. The van der Waals surface area contributed by atoms with Crippen molar-refractivity contribution in [2.24, 2.45) is 0 Å². The summed E-state index contributed by atoms with van der Waals surface area (Å²) in [4.78, 5) is 4.32. The van der Waals surface area contributed by atoms with E-state index in [0.717, 1.165) is 16.8 Å². The van der Waals surface area contributed by atoms with Crippen LogP contribution in [0.4, 0.5) is 0 Å². The van der Waals surface area contributed by atoms with Gasteiger partial charge in [-0.1, -0.05) is 35.9 Å². The highest BCUT2D eigenvalue weighted by Gasteiger charge is 2.24. The molecule has 0 amide bonds. The molecule has 0 bridgehead atoms. The van der Waals surface area contributed by atoms with Crippen molar-refractivity contribution in [1.29, 1.82) is 0 Å². The van der Waals surface area contributed by atoms with Crippen LogP contribution in [0.25, 0.3) is 0 Å². The first kappa shape index (κ1) is 11.4. The maximum absolute atomic E-state index is 5.79. The Morgan fingerprint density at radius 3 is 3.17 bits per heavy atom. The fraction of sp³-hybridized carbons (Fsp3) is 0.267. The van der Waals surface area contributed by atoms with E-state index in [1.165, 1.54) is 5.56 Å². The van der Waals surface area contributed by atoms with Gasteiger partial charge in [-0.2, -0.15) is 0 Å². The van der Waals surface area contributed by atoms with Gasteiger partial charge in [0.25, 0.3) is 0 Å². The lowest BCUT2D eigenvalue weighted by Crippen LogP contribution is -2.04. The predicted octanol–water partition coefficient (Wildman–Crippen LogP) is 3.14. The molecular weight excluding hydrogens is 226 g/mol. The molecular formula is C15H15NO2. The van der Waals surface area contributed by atoms with E-state index >= 15 is 0 Å². The van der Waals surface area contributed by atoms with Crippen molar-refractivity contribution >= 4 is 0 Å². The Kier molecular flexibility index (Phi) is 3.09. The predicted molar refractivity (Wildman–Crippen MR) is 67.7 cm³/mol. The van der Waals surface area contributed by atoms with Crippen molar-refractivity contribution < 1.29 is 9.47 Å². The van der Waals surface area contributed by atoms with E-state index in [-0.39, 0.29) is 6.29 Å². The molecule has 0 fully saturated rings. The average molecular weight is 241 g/mol. The first-order valence-electron chi connectivity index (χ1n) is 6.05. The monoisotopic (exact) mass is 241 g/mol. The van der Waals surface area contributed by atoms with Gasteiger partial charge >= 0.3 is 0 Å². The van der Waals surface area contributed by atoms with E-state index in [2.05, 4.69) is 30.1 Å². The lowest BCUT2D eigenvalue weighted by molar-refractivity contribution is -0.147. The highest BCUT2D eigenvalue weighted by atomic mass is 16.7. The molecule has 3 nitrogen and oxygen atoms in total. The van der Waals surface area contributed by atoms with Crippen LogP contribution in [-0.2, 0) is 22.7 Å². The highest BCUT2D eigenvalue weighted by Crippen LogP contribution is 2.29. The Hall–Kier alpha value is -1.71. The maximum Gasteiger partial charge on any atom is 0.202 e. The molecule has 1 aliphatic rings. The molecule has 1 aromatic carbocycles. The van der Waals surface area contributed by atoms with Crippen LogP contribution >= 0.6 is 0 Å². The maximum atomic E-state index is 5.79. The molecule has 0 radical (unpaired) electrons. The second-order valence-electron chi connectivity index (χ2n) is 4.49. The van der Waals surface area contributed by atoms with E-state index < -0.39 is 0 Å².